The molecule has 0 bridgehead atoms. The zero-order chi connectivity index (χ0) is 23.5. The van der Waals surface area contributed by atoms with Crippen molar-refractivity contribution in [2.24, 2.45) is 0 Å². The molecule has 3 aromatic rings. The molecule has 166 valence electrons. The summed E-state index contributed by atoms with van der Waals surface area (Å²) in [6.45, 7) is -0.285. The van der Waals surface area contributed by atoms with Crippen molar-refractivity contribution in [1.29, 1.82) is 0 Å². The van der Waals surface area contributed by atoms with Gasteiger partial charge in [-0.25, -0.2) is 0 Å². The minimum atomic E-state index is -0.400. The Bertz CT molecular complexity index is 1280. The molecule has 0 fully saturated rings. The Hall–Kier alpha value is -3.42. The summed E-state index contributed by atoms with van der Waals surface area (Å²) in [6, 6.07) is 16.9. The molecule has 0 atom stereocenters. The number of halogens is 2. The Morgan fingerprint density at radius 3 is 2.30 bits per heavy atom. The minimum absolute atomic E-state index is 0.0814. The third kappa shape index (κ3) is 4.69. The normalized spacial score (nSPS) is 12.4. The fourth-order valence-electron chi connectivity index (χ4n) is 3.42. The summed E-state index contributed by atoms with van der Waals surface area (Å²) in [5, 5.41) is 3.10. The molecule has 0 heterocycles. The van der Waals surface area contributed by atoms with Gasteiger partial charge < -0.3 is 14.8 Å². The maximum atomic E-state index is 12.7. The Kier molecular flexibility index (Phi) is 6.62. The predicted octanol–water partition coefficient (Wildman–Crippen LogP) is 5.59. The van der Waals surface area contributed by atoms with E-state index in [4.69, 9.17) is 21.1 Å². The second-order valence-electron chi connectivity index (χ2n) is 7.11. The first-order valence-corrected chi connectivity index (χ1v) is 11.0. The van der Waals surface area contributed by atoms with Crippen LogP contribution in [0, 0.1) is 0 Å². The lowest BCUT2D eigenvalue weighted by atomic mass is 10.1. The van der Waals surface area contributed by atoms with Crippen molar-refractivity contribution in [3.63, 3.8) is 0 Å². The van der Waals surface area contributed by atoms with Crippen LogP contribution in [0.1, 0.15) is 26.3 Å². The number of hydrogen-bond donors (Lipinski definition) is 1. The first kappa shape index (κ1) is 22.8. The third-order valence-electron chi connectivity index (χ3n) is 4.96. The van der Waals surface area contributed by atoms with E-state index in [1.807, 2.05) is 0 Å². The molecule has 1 aliphatic rings. The van der Waals surface area contributed by atoms with Gasteiger partial charge in [-0.2, -0.15) is 0 Å². The SMILES string of the molecule is COc1cc(C=C2C(=O)c3ccccc3C2=O)cc(Br)c1OCC(=O)Nc1ccccc1Cl. The van der Waals surface area contributed by atoms with Crippen molar-refractivity contribution in [2.45, 2.75) is 0 Å². The van der Waals surface area contributed by atoms with E-state index in [9.17, 15) is 14.4 Å². The van der Waals surface area contributed by atoms with E-state index in [1.165, 1.54) is 13.2 Å². The van der Waals surface area contributed by atoms with Gasteiger partial charge in [-0.3, -0.25) is 14.4 Å². The van der Waals surface area contributed by atoms with Crippen LogP contribution in [0.15, 0.2) is 70.7 Å². The second-order valence-corrected chi connectivity index (χ2v) is 8.37. The zero-order valence-corrected chi connectivity index (χ0v) is 19.7. The molecule has 4 rings (SSSR count). The zero-order valence-electron chi connectivity index (χ0n) is 17.4. The van der Waals surface area contributed by atoms with Gasteiger partial charge in [0.1, 0.15) is 0 Å². The number of para-hydroxylation sites is 1. The molecule has 1 amide bonds. The maximum absolute atomic E-state index is 12.7. The van der Waals surface area contributed by atoms with Crippen molar-refractivity contribution in [3.05, 3.63) is 92.4 Å². The highest BCUT2D eigenvalue weighted by Crippen LogP contribution is 2.38. The highest BCUT2D eigenvalue weighted by Gasteiger charge is 2.32. The number of fused-ring (bicyclic) bond motifs is 1. The Morgan fingerprint density at radius 2 is 1.67 bits per heavy atom. The fraction of sp³-hybridized carbons (Fsp3) is 0.0800. The van der Waals surface area contributed by atoms with E-state index >= 15 is 0 Å². The van der Waals surface area contributed by atoms with E-state index < -0.39 is 5.91 Å². The lowest BCUT2D eigenvalue weighted by Gasteiger charge is -2.14. The van der Waals surface area contributed by atoms with E-state index in [0.717, 1.165) is 0 Å². The standard InChI is InChI=1S/C25H17BrClNO5/c1-32-21-12-14(10-17-23(30)15-6-2-3-7-16(15)24(17)31)11-18(26)25(21)33-13-22(29)28-20-9-5-4-8-19(20)27/h2-12H,13H2,1H3,(H,28,29). The number of ketones is 2. The number of hydrogen-bond acceptors (Lipinski definition) is 5. The van der Waals surface area contributed by atoms with Crippen molar-refractivity contribution in [1.82, 2.24) is 0 Å². The van der Waals surface area contributed by atoms with Crippen LogP contribution in [-0.2, 0) is 4.79 Å². The van der Waals surface area contributed by atoms with Crippen LogP contribution in [0.5, 0.6) is 11.5 Å². The van der Waals surface area contributed by atoms with Crippen molar-refractivity contribution < 1.29 is 23.9 Å². The number of benzene rings is 3. The molecule has 1 aliphatic carbocycles. The molecule has 33 heavy (non-hydrogen) atoms. The summed E-state index contributed by atoms with van der Waals surface area (Å²) in [6.07, 6.45) is 1.52. The molecule has 0 saturated carbocycles. The number of rotatable bonds is 6. The number of amides is 1. The smallest absolute Gasteiger partial charge is 0.262 e. The quantitative estimate of drug-likeness (QED) is 0.334. The monoisotopic (exact) mass is 525 g/mol. The first-order chi connectivity index (χ1) is 15.9. The van der Waals surface area contributed by atoms with Gasteiger partial charge in [0.25, 0.3) is 5.91 Å². The first-order valence-electron chi connectivity index (χ1n) is 9.84. The van der Waals surface area contributed by atoms with Gasteiger partial charge in [0.2, 0.25) is 0 Å². The average Bonchev–Trinajstić information content (AvgIpc) is 3.04. The lowest BCUT2D eigenvalue weighted by molar-refractivity contribution is -0.118. The average molecular weight is 527 g/mol. The van der Waals surface area contributed by atoms with Gasteiger partial charge in [0, 0.05) is 11.1 Å². The van der Waals surface area contributed by atoms with Gasteiger partial charge in [0.15, 0.2) is 29.7 Å². The molecule has 0 saturated heterocycles. The van der Waals surface area contributed by atoms with Crippen LogP contribution in [0.4, 0.5) is 5.69 Å². The number of ether oxygens (including phenoxy) is 2. The molecule has 0 unspecified atom stereocenters. The summed E-state index contributed by atoms with van der Waals surface area (Å²) < 4.78 is 11.6. The van der Waals surface area contributed by atoms with Crippen LogP contribution in [0.3, 0.4) is 0 Å². The Morgan fingerprint density at radius 1 is 1.03 bits per heavy atom. The summed E-state index contributed by atoms with van der Waals surface area (Å²) in [4.78, 5) is 37.6. The number of carbonyl (C=O) groups excluding carboxylic acids is 3. The van der Waals surface area contributed by atoms with Gasteiger partial charge >= 0.3 is 0 Å². The molecule has 8 heteroatoms. The summed E-state index contributed by atoms with van der Waals surface area (Å²) in [7, 11) is 1.46. The van der Waals surface area contributed by atoms with Crippen LogP contribution in [0.2, 0.25) is 5.02 Å². The van der Waals surface area contributed by atoms with E-state index in [2.05, 4.69) is 21.2 Å². The molecule has 1 N–H and O–H groups in total. The summed E-state index contributed by atoms with van der Waals surface area (Å²) in [5.74, 6) is -0.397. The third-order valence-corrected chi connectivity index (χ3v) is 5.88. The number of allylic oxidation sites excluding steroid dienone is 1. The molecule has 0 aromatic heterocycles. The number of anilines is 1. The highest BCUT2D eigenvalue weighted by molar-refractivity contribution is 9.10. The Balaban J connectivity index is 1.54. The second kappa shape index (κ2) is 9.60. The molecule has 0 aliphatic heterocycles. The molecule has 0 radical (unpaired) electrons. The van der Waals surface area contributed by atoms with Gasteiger partial charge in [0.05, 0.1) is 27.9 Å². The van der Waals surface area contributed by atoms with Crippen molar-refractivity contribution in [2.75, 3.05) is 19.0 Å². The molecular weight excluding hydrogens is 510 g/mol. The maximum Gasteiger partial charge on any atom is 0.262 e. The van der Waals surface area contributed by atoms with Crippen LogP contribution < -0.4 is 14.8 Å². The van der Waals surface area contributed by atoms with Crippen LogP contribution >= 0.6 is 27.5 Å². The van der Waals surface area contributed by atoms with Gasteiger partial charge in [-0.05, 0) is 51.8 Å². The Labute approximate surface area is 203 Å². The summed E-state index contributed by atoms with van der Waals surface area (Å²) in [5.41, 5.74) is 1.91. The van der Waals surface area contributed by atoms with Crippen molar-refractivity contribution >= 4 is 56.8 Å². The lowest BCUT2D eigenvalue weighted by Crippen LogP contribution is -2.20. The summed E-state index contributed by atoms with van der Waals surface area (Å²) >= 11 is 9.48. The number of methoxy groups -OCH3 is 1. The van der Waals surface area contributed by atoms with Crippen molar-refractivity contribution in [3.8, 4) is 11.5 Å². The molecule has 6 nitrogen and oxygen atoms in total. The van der Waals surface area contributed by atoms with E-state index in [1.54, 1.807) is 60.7 Å². The van der Waals surface area contributed by atoms with Gasteiger partial charge in [-0.15, -0.1) is 0 Å². The number of carbonyl (C=O) groups is 3. The van der Waals surface area contributed by atoms with Crippen LogP contribution in [-0.4, -0.2) is 31.2 Å². The highest BCUT2D eigenvalue weighted by atomic mass is 79.9. The van der Waals surface area contributed by atoms with E-state index in [0.29, 0.717) is 43.4 Å². The van der Waals surface area contributed by atoms with Crippen LogP contribution in [0.25, 0.3) is 6.08 Å². The minimum Gasteiger partial charge on any atom is -0.493 e. The molecule has 3 aromatic carbocycles. The fourth-order valence-corrected chi connectivity index (χ4v) is 4.18. The molecular formula is C25H17BrClNO5. The number of Topliss-reactive ketones (excluding diaryl/α,β-unsaturated/α-hetero) is 2. The van der Waals surface area contributed by atoms with E-state index in [-0.39, 0.29) is 23.7 Å². The van der Waals surface area contributed by atoms with Gasteiger partial charge in [-0.1, -0.05) is 48.0 Å². The topological polar surface area (TPSA) is 81.7 Å². The number of nitrogens with one attached hydrogen (secondary N) is 1. The molecule has 0 spiro atoms. The largest absolute Gasteiger partial charge is 0.493 e. The predicted molar refractivity (Wildman–Crippen MR) is 129 cm³/mol.